The van der Waals surface area contributed by atoms with Gasteiger partial charge in [-0.15, -0.1) is 0 Å². The maximum atomic E-state index is 11.2. The highest BCUT2D eigenvalue weighted by Crippen LogP contribution is 2.27. The minimum absolute atomic E-state index is 0.351. The molecule has 1 aromatic heterocycles. The molecule has 0 aliphatic carbocycles. The van der Waals surface area contributed by atoms with E-state index >= 15 is 0 Å². The third-order valence-corrected chi connectivity index (χ3v) is 2.32. The first-order valence-corrected chi connectivity index (χ1v) is 5.30. The molecule has 0 aliphatic heterocycles. The quantitative estimate of drug-likeness (QED) is 0.818. The molecular formula is C13H17NO3. The molecule has 1 N–H and O–H groups in total. The summed E-state index contributed by atoms with van der Waals surface area (Å²) in [6.45, 7) is 5.59. The first kappa shape index (κ1) is 13.2. The molecule has 1 rings (SSSR count). The van der Waals surface area contributed by atoms with E-state index in [4.69, 9.17) is 9.84 Å². The topological polar surface area (TPSA) is 59.4 Å². The molecule has 0 saturated heterocycles. The van der Waals surface area contributed by atoms with Crippen LogP contribution < -0.4 is 4.74 Å². The van der Waals surface area contributed by atoms with Crippen LogP contribution in [-0.2, 0) is 4.79 Å². The van der Waals surface area contributed by atoms with E-state index < -0.39 is 11.4 Å². The number of aromatic nitrogens is 1. The van der Waals surface area contributed by atoms with Crippen LogP contribution in [0.5, 0.6) is 5.88 Å². The fourth-order valence-electron chi connectivity index (χ4n) is 1.36. The van der Waals surface area contributed by atoms with Gasteiger partial charge in [-0.1, -0.05) is 20.8 Å². The number of hydrogen-bond acceptors (Lipinski definition) is 3. The Bertz CT molecular complexity index is 427. The molecule has 4 nitrogen and oxygen atoms in total. The van der Waals surface area contributed by atoms with E-state index in [1.165, 1.54) is 7.11 Å². The SMILES string of the molecule is COc1ccc(C=C(C(=O)O)C(C)(C)C)cn1. The molecule has 0 saturated carbocycles. The number of aliphatic carboxylic acids is 1. The van der Waals surface area contributed by atoms with Crippen LogP contribution in [0.25, 0.3) is 6.08 Å². The number of pyridine rings is 1. The zero-order chi connectivity index (χ0) is 13.1. The summed E-state index contributed by atoms with van der Waals surface area (Å²) in [4.78, 5) is 15.2. The summed E-state index contributed by atoms with van der Waals surface area (Å²) in [5.74, 6) is -0.400. The molecule has 0 aromatic carbocycles. The van der Waals surface area contributed by atoms with Gasteiger partial charge in [0.05, 0.1) is 7.11 Å². The fourth-order valence-corrected chi connectivity index (χ4v) is 1.36. The standard InChI is InChI=1S/C13H17NO3/c1-13(2,3)10(12(15)16)7-9-5-6-11(17-4)14-8-9/h5-8H,1-4H3,(H,15,16). The second-order valence-corrected chi connectivity index (χ2v) is 4.75. The zero-order valence-corrected chi connectivity index (χ0v) is 10.5. The Morgan fingerprint density at radius 3 is 2.41 bits per heavy atom. The lowest BCUT2D eigenvalue weighted by atomic mass is 9.85. The predicted octanol–water partition coefficient (Wildman–Crippen LogP) is 2.60. The minimum atomic E-state index is -0.909. The van der Waals surface area contributed by atoms with Gasteiger partial charge in [0, 0.05) is 17.8 Å². The Kier molecular flexibility index (Phi) is 3.89. The summed E-state index contributed by atoms with van der Waals surface area (Å²) in [6.07, 6.45) is 3.22. The van der Waals surface area contributed by atoms with Gasteiger partial charge < -0.3 is 9.84 Å². The number of ether oxygens (including phenoxy) is 1. The summed E-state index contributed by atoms with van der Waals surface area (Å²) < 4.78 is 4.94. The average molecular weight is 235 g/mol. The Morgan fingerprint density at radius 2 is 2.06 bits per heavy atom. The Labute approximate surface area is 101 Å². The van der Waals surface area contributed by atoms with E-state index in [9.17, 15) is 4.79 Å². The van der Waals surface area contributed by atoms with Crippen molar-refractivity contribution in [1.82, 2.24) is 4.98 Å². The van der Waals surface area contributed by atoms with Gasteiger partial charge in [-0.3, -0.25) is 0 Å². The van der Waals surface area contributed by atoms with Crippen molar-refractivity contribution in [2.75, 3.05) is 7.11 Å². The van der Waals surface area contributed by atoms with E-state index in [0.29, 0.717) is 11.5 Å². The van der Waals surface area contributed by atoms with Crippen LogP contribution in [-0.4, -0.2) is 23.2 Å². The maximum absolute atomic E-state index is 11.2. The minimum Gasteiger partial charge on any atom is -0.481 e. The number of rotatable bonds is 3. The number of carboxylic acids is 1. The molecule has 0 atom stereocenters. The molecule has 1 heterocycles. The zero-order valence-electron chi connectivity index (χ0n) is 10.5. The maximum Gasteiger partial charge on any atom is 0.332 e. The number of methoxy groups -OCH3 is 1. The summed E-state index contributed by atoms with van der Waals surface area (Å²) in [5, 5.41) is 9.16. The largest absolute Gasteiger partial charge is 0.481 e. The van der Waals surface area contributed by atoms with E-state index in [-0.39, 0.29) is 0 Å². The molecule has 4 heteroatoms. The van der Waals surface area contributed by atoms with Crippen LogP contribution in [0.1, 0.15) is 26.3 Å². The predicted molar refractivity (Wildman–Crippen MR) is 65.9 cm³/mol. The summed E-state index contributed by atoms with van der Waals surface area (Å²) in [7, 11) is 1.54. The van der Waals surface area contributed by atoms with Crippen LogP contribution in [0.2, 0.25) is 0 Å². The van der Waals surface area contributed by atoms with Crippen LogP contribution >= 0.6 is 0 Å². The number of hydrogen-bond donors (Lipinski definition) is 1. The van der Waals surface area contributed by atoms with Gasteiger partial charge in [0.25, 0.3) is 0 Å². The molecular weight excluding hydrogens is 218 g/mol. The summed E-state index contributed by atoms with van der Waals surface area (Å²) in [6, 6.07) is 3.48. The highest BCUT2D eigenvalue weighted by Gasteiger charge is 2.23. The molecule has 0 fully saturated rings. The Morgan fingerprint density at radius 1 is 1.41 bits per heavy atom. The third kappa shape index (κ3) is 3.59. The lowest BCUT2D eigenvalue weighted by Gasteiger charge is -2.19. The van der Waals surface area contributed by atoms with E-state index in [2.05, 4.69) is 4.98 Å². The van der Waals surface area contributed by atoms with Gasteiger partial charge in [-0.25, -0.2) is 9.78 Å². The van der Waals surface area contributed by atoms with Crippen molar-refractivity contribution in [3.05, 3.63) is 29.5 Å². The molecule has 92 valence electrons. The summed E-state index contributed by atoms with van der Waals surface area (Å²) in [5.41, 5.74) is 0.689. The lowest BCUT2D eigenvalue weighted by molar-refractivity contribution is -0.133. The van der Waals surface area contributed by atoms with Gasteiger partial charge in [0.1, 0.15) is 0 Å². The van der Waals surface area contributed by atoms with Gasteiger partial charge in [0.15, 0.2) is 0 Å². The first-order chi connectivity index (χ1) is 7.84. The van der Waals surface area contributed by atoms with Crippen molar-refractivity contribution in [3.8, 4) is 5.88 Å². The average Bonchev–Trinajstić information content (AvgIpc) is 2.24. The highest BCUT2D eigenvalue weighted by molar-refractivity contribution is 5.93. The first-order valence-electron chi connectivity index (χ1n) is 5.30. The third-order valence-electron chi connectivity index (χ3n) is 2.32. The number of carbonyl (C=O) groups is 1. The van der Waals surface area contributed by atoms with Gasteiger partial charge in [-0.2, -0.15) is 0 Å². The molecule has 0 amide bonds. The molecule has 1 aromatic rings. The second kappa shape index (κ2) is 4.99. The van der Waals surface area contributed by atoms with Crippen molar-refractivity contribution < 1.29 is 14.6 Å². The van der Waals surface area contributed by atoms with Gasteiger partial charge >= 0.3 is 5.97 Å². The van der Waals surface area contributed by atoms with Crippen molar-refractivity contribution in [2.24, 2.45) is 5.41 Å². The van der Waals surface area contributed by atoms with E-state index in [0.717, 1.165) is 5.56 Å². The Balaban J connectivity index is 3.09. The molecule has 0 bridgehead atoms. The Hall–Kier alpha value is -1.84. The van der Waals surface area contributed by atoms with Crippen molar-refractivity contribution in [1.29, 1.82) is 0 Å². The van der Waals surface area contributed by atoms with Crippen LogP contribution in [0.3, 0.4) is 0 Å². The number of carboxylic acid groups (broad SMARTS) is 1. The van der Waals surface area contributed by atoms with Crippen LogP contribution in [0.15, 0.2) is 23.9 Å². The van der Waals surface area contributed by atoms with Crippen LogP contribution in [0, 0.1) is 5.41 Å². The normalized spacial score (nSPS) is 12.4. The molecule has 0 unspecified atom stereocenters. The highest BCUT2D eigenvalue weighted by atomic mass is 16.5. The van der Waals surface area contributed by atoms with E-state index in [1.807, 2.05) is 20.8 Å². The van der Waals surface area contributed by atoms with E-state index in [1.54, 1.807) is 24.4 Å². The molecule has 0 radical (unpaired) electrons. The monoisotopic (exact) mass is 235 g/mol. The van der Waals surface area contributed by atoms with Crippen molar-refractivity contribution in [2.45, 2.75) is 20.8 Å². The molecule has 0 spiro atoms. The fraction of sp³-hybridized carbons (Fsp3) is 0.385. The van der Waals surface area contributed by atoms with Crippen molar-refractivity contribution >= 4 is 12.0 Å². The van der Waals surface area contributed by atoms with Gasteiger partial charge in [-0.05, 0) is 23.1 Å². The second-order valence-electron chi connectivity index (χ2n) is 4.75. The summed E-state index contributed by atoms with van der Waals surface area (Å²) >= 11 is 0. The van der Waals surface area contributed by atoms with Crippen LogP contribution in [0.4, 0.5) is 0 Å². The van der Waals surface area contributed by atoms with Gasteiger partial charge in [0.2, 0.25) is 5.88 Å². The smallest absolute Gasteiger partial charge is 0.332 e. The number of nitrogens with zero attached hydrogens (tertiary/aromatic N) is 1. The van der Waals surface area contributed by atoms with Crippen molar-refractivity contribution in [3.63, 3.8) is 0 Å². The molecule has 0 aliphatic rings. The molecule has 17 heavy (non-hydrogen) atoms. The lowest BCUT2D eigenvalue weighted by Crippen LogP contribution is -2.17.